The van der Waals surface area contributed by atoms with Crippen LogP contribution in [0.5, 0.6) is 5.75 Å². The highest BCUT2D eigenvalue weighted by Gasteiger charge is 2.13. The van der Waals surface area contributed by atoms with E-state index in [0.29, 0.717) is 18.2 Å². The lowest BCUT2D eigenvalue weighted by Gasteiger charge is -2.22. The van der Waals surface area contributed by atoms with Gasteiger partial charge in [0.1, 0.15) is 5.75 Å². The molecule has 0 aromatic heterocycles. The van der Waals surface area contributed by atoms with E-state index in [1.807, 2.05) is 12.1 Å². The molecule has 1 heterocycles. The van der Waals surface area contributed by atoms with Gasteiger partial charge in [-0.1, -0.05) is 0 Å². The molecule has 1 saturated heterocycles. The van der Waals surface area contributed by atoms with Gasteiger partial charge >= 0.3 is 0 Å². The Kier molecular flexibility index (Phi) is 5.85. The van der Waals surface area contributed by atoms with Crippen LogP contribution >= 0.6 is 0 Å². The summed E-state index contributed by atoms with van der Waals surface area (Å²) in [6.07, 6.45) is 5.10. The number of methoxy groups -OCH3 is 1. The average Bonchev–Trinajstić information content (AvgIpc) is 2.52. The Balaban J connectivity index is 1.79. The van der Waals surface area contributed by atoms with E-state index in [0.717, 1.165) is 30.9 Å². The lowest BCUT2D eigenvalue weighted by atomic mass is 10.1. The minimum Gasteiger partial charge on any atom is -0.496 e. The molecule has 0 radical (unpaired) electrons. The maximum absolute atomic E-state index is 8.94. The number of nitriles is 1. The fourth-order valence-electron chi connectivity index (χ4n) is 2.51. The molecular weight excluding hydrogens is 252 g/mol. The van der Waals surface area contributed by atoms with Crippen molar-refractivity contribution in [3.05, 3.63) is 29.3 Å². The van der Waals surface area contributed by atoms with Crippen molar-refractivity contribution >= 4 is 0 Å². The number of hydrogen-bond acceptors (Lipinski definition) is 4. The van der Waals surface area contributed by atoms with Crippen molar-refractivity contribution in [2.24, 2.45) is 0 Å². The summed E-state index contributed by atoms with van der Waals surface area (Å²) < 4.78 is 11.0. The molecule has 1 atom stereocenters. The molecule has 2 rings (SSSR count). The van der Waals surface area contributed by atoms with E-state index in [1.54, 1.807) is 13.2 Å². The molecule has 1 aromatic carbocycles. The molecule has 0 bridgehead atoms. The van der Waals surface area contributed by atoms with E-state index in [1.165, 1.54) is 19.3 Å². The van der Waals surface area contributed by atoms with Crippen molar-refractivity contribution in [3.8, 4) is 11.8 Å². The third-order valence-corrected chi connectivity index (χ3v) is 3.64. The van der Waals surface area contributed by atoms with E-state index in [-0.39, 0.29) is 0 Å². The molecule has 0 amide bonds. The van der Waals surface area contributed by atoms with E-state index in [4.69, 9.17) is 14.7 Å². The van der Waals surface area contributed by atoms with E-state index < -0.39 is 0 Å². The van der Waals surface area contributed by atoms with Gasteiger partial charge in [0.05, 0.1) is 24.8 Å². The van der Waals surface area contributed by atoms with Crippen LogP contribution in [0.25, 0.3) is 0 Å². The maximum Gasteiger partial charge on any atom is 0.123 e. The van der Waals surface area contributed by atoms with E-state index in [2.05, 4.69) is 11.4 Å². The van der Waals surface area contributed by atoms with Crippen molar-refractivity contribution in [3.63, 3.8) is 0 Å². The van der Waals surface area contributed by atoms with E-state index in [9.17, 15) is 0 Å². The van der Waals surface area contributed by atoms with Gasteiger partial charge in [-0.15, -0.1) is 0 Å². The van der Waals surface area contributed by atoms with Crippen LogP contribution in [0.3, 0.4) is 0 Å². The zero-order valence-corrected chi connectivity index (χ0v) is 12.0. The molecule has 1 aliphatic heterocycles. The highest BCUT2D eigenvalue weighted by atomic mass is 16.5. The van der Waals surface area contributed by atoms with Crippen molar-refractivity contribution in [2.45, 2.75) is 38.3 Å². The summed E-state index contributed by atoms with van der Waals surface area (Å²) in [6.45, 7) is 2.54. The fourth-order valence-corrected chi connectivity index (χ4v) is 2.51. The normalized spacial score (nSPS) is 18.5. The van der Waals surface area contributed by atoms with Gasteiger partial charge in [0.25, 0.3) is 0 Å². The monoisotopic (exact) mass is 274 g/mol. The maximum atomic E-state index is 8.94. The minimum atomic E-state index is 0.406. The molecule has 1 unspecified atom stereocenters. The average molecular weight is 274 g/mol. The van der Waals surface area contributed by atoms with Crippen molar-refractivity contribution in [1.29, 1.82) is 5.26 Å². The predicted molar refractivity (Wildman–Crippen MR) is 77.6 cm³/mol. The molecule has 108 valence electrons. The van der Waals surface area contributed by atoms with Gasteiger partial charge < -0.3 is 14.8 Å². The van der Waals surface area contributed by atoms with Crippen LogP contribution in [0.2, 0.25) is 0 Å². The molecule has 0 aliphatic carbocycles. The van der Waals surface area contributed by atoms with Gasteiger partial charge in [0.15, 0.2) is 0 Å². The Morgan fingerprint density at radius 3 is 3.05 bits per heavy atom. The summed E-state index contributed by atoms with van der Waals surface area (Å²) in [4.78, 5) is 0. The Morgan fingerprint density at radius 2 is 2.35 bits per heavy atom. The number of rotatable bonds is 6. The molecule has 20 heavy (non-hydrogen) atoms. The van der Waals surface area contributed by atoms with Gasteiger partial charge in [0.2, 0.25) is 0 Å². The summed E-state index contributed by atoms with van der Waals surface area (Å²) in [5.74, 6) is 0.824. The third-order valence-electron chi connectivity index (χ3n) is 3.64. The number of hydrogen-bond donors (Lipinski definition) is 1. The van der Waals surface area contributed by atoms with E-state index >= 15 is 0 Å². The first kappa shape index (κ1) is 14.8. The van der Waals surface area contributed by atoms with Gasteiger partial charge in [0, 0.05) is 18.7 Å². The molecular formula is C16H22N2O2. The predicted octanol–water partition coefficient (Wildman–Crippen LogP) is 2.62. The Morgan fingerprint density at radius 1 is 1.45 bits per heavy atom. The van der Waals surface area contributed by atoms with Crippen LogP contribution in [0.1, 0.15) is 36.8 Å². The van der Waals surface area contributed by atoms with Crippen LogP contribution in [-0.2, 0) is 11.3 Å². The zero-order valence-electron chi connectivity index (χ0n) is 12.0. The minimum absolute atomic E-state index is 0.406. The first-order valence-electron chi connectivity index (χ1n) is 7.23. The van der Waals surface area contributed by atoms with Gasteiger partial charge in [-0.25, -0.2) is 0 Å². The highest BCUT2D eigenvalue weighted by Crippen LogP contribution is 2.19. The van der Waals surface area contributed by atoms with Crippen LogP contribution in [0.15, 0.2) is 18.2 Å². The summed E-state index contributed by atoms with van der Waals surface area (Å²) in [5, 5.41) is 12.3. The largest absolute Gasteiger partial charge is 0.496 e. The Hall–Kier alpha value is -1.57. The standard InChI is InChI=1S/C16H22N2O2/c1-19-16-6-5-13(11-17)10-14(16)12-18-8-7-15-4-2-3-9-20-15/h5-6,10,15,18H,2-4,7-9,12H2,1H3. The summed E-state index contributed by atoms with van der Waals surface area (Å²) in [5.41, 5.74) is 1.69. The van der Waals surface area contributed by atoms with Gasteiger partial charge in [-0.2, -0.15) is 5.26 Å². The molecule has 1 aromatic rings. The summed E-state index contributed by atoms with van der Waals surface area (Å²) in [7, 11) is 1.65. The van der Waals surface area contributed by atoms with Gasteiger partial charge in [-0.3, -0.25) is 0 Å². The molecule has 1 aliphatic rings. The van der Waals surface area contributed by atoms with Crippen molar-refractivity contribution in [2.75, 3.05) is 20.3 Å². The number of nitrogens with one attached hydrogen (secondary N) is 1. The molecule has 4 nitrogen and oxygen atoms in total. The zero-order chi connectivity index (χ0) is 14.2. The number of ether oxygens (including phenoxy) is 2. The molecule has 0 spiro atoms. The first-order valence-corrected chi connectivity index (χ1v) is 7.23. The second kappa shape index (κ2) is 7.88. The summed E-state index contributed by atoms with van der Waals surface area (Å²) >= 11 is 0. The third kappa shape index (κ3) is 4.22. The molecule has 1 fully saturated rings. The Labute approximate surface area is 120 Å². The van der Waals surface area contributed by atoms with Crippen molar-refractivity contribution in [1.82, 2.24) is 5.32 Å². The lowest BCUT2D eigenvalue weighted by molar-refractivity contribution is 0.0115. The molecule has 1 N–H and O–H groups in total. The number of nitrogens with zero attached hydrogens (tertiary/aromatic N) is 1. The van der Waals surface area contributed by atoms with Crippen LogP contribution in [-0.4, -0.2) is 26.4 Å². The second-order valence-electron chi connectivity index (χ2n) is 5.09. The van der Waals surface area contributed by atoms with Crippen molar-refractivity contribution < 1.29 is 9.47 Å². The summed E-state index contributed by atoms with van der Waals surface area (Å²) in [6, 6.07) is 7.66. The van der Waals surface area contributed by atoms with Crippen LogP contribution in [0.4, 0.5) is 0 Å². The first-order chi connectivity index (χ1) is 9.83. The Bertz CT molecular complexity index is 462. The van der Waals surface area contributed by atoms with Gasteiger partial charge in [-0.05, 0) is 50.4 Å². The van der Waals surface area contributed by atoms with Crippen LogP contribution < -0.4 is 10.1 Å². The highest BCUT2D eigenvalue weighted by molar-refractivity contribution is 5.41. The quantitative estimate of drug-likeness (QED) is 0.810. The second-order valence-corrected chi connectivity index (χ2v) is 5.09. The molecule has 0 saturated carbocycles. The fraction of sp³-hybridized carbons (Fsp3) is 0.562. The number of benzene rings is 1. The van der Waals surface area contributed by atoms with Crippen LogP contribution in [0, 0.1) is 11.3 Å². The SMILES string of the molecule is COc1ccc(C#N)cc1CNCCC1CCCCO1. The smallest absolute Gasteiger partial charge is 0.123 e. The topological polar surface area (TPSA) is 54.3 Å². The molecule has 4 heteroatoms. The lowest BCUT2D eigenvalue weighted by Crippen LogP contribution is -2.25.